The van der Waals surface area contributed by atoms with Crippen LogP contribution in [0.3, 0.4) is 0 Å². The lowest BCUT2D eigenvalue weighted by molar-refractivity contribution is 0.0938. The van der Waals surface area contributed by atoms with Crippen molar-refractivity contribution in [3.63, 3.8) is 0 Å². The molecule has 0 unspecified atom stereocenters. The highest BCUT2D eigenvalue weighted by atomic mass is 32.2. The van der Waals surface area contributed by atoms with Crippen molar-refractivity contribution in [3.05, 3.63) is 30.1 Å². The number of aromatic nitrogens is 2. The molecule has 2 atom stereocenters. The summed E-state index contributed by atoms with van der Waals surface area (Å²) in [6.07, 6.45) is 5.05. The number of nitrogens with one attached hydrogen (secondary N) is 2. The zero-order chi connectivity index (χ0) is 13.9. The number of H-pyrrole nitrogens is 1. The molecule has 0 saturated heterocycles. The number of aromatic amines is 1. The van der Waals surface area contributed by atoms with E-state index in [1.165, 1.54) is 6.42 Å². The number of rotatable bonds is 4. The number of nitrogens with zero attached hydrogens (tertiary/aromatic N) is 1. The Balaban J connectivity index is 1.64. The van der Waals surface area contributed by atoms with E-state index in [9.17, 15) is 4.79 Å². The summed E-state index contributed by atoms with van der Waals surface area (Å²) in [5, 5.41) is 3.86. The molecule has 3 rings (SSSR count). The molecule has 1 aromatic heterocycles. The van der Waals surface area contributed by atoms with Crippen molar-refractivity contribution in [2.24, 2.45) is 0 Å². The number of hydrogen-bond donors (Lipinski definition) is 2. The van der Waals surface area contributed by atoms with Crippen molar-refractivity contribution >= 4 is 28.7 Å². The summed E-state index contributed by atoms with van der Waals surface area (Å²) in [5.74, 6) is 1.18. The van der Waals surface area contributed by atoms with Crippen LogP contribution in [0.5, 0.6) is 0 Å². The van der Waals surface area contributed by atoms with E-state index in [2.05, 4.69) is 22.2 Å². The fraction of sp³-hybridized carbons (Fsp3) is 0.467. The molecule has 0 bridgehead atoms. The van der Waals surface area contributed by atoms with Gasteiger partial charge in [0.25, 0.3) is 5.91 Å². The fourth-order valence-corrected chi connectivity index (χ4v) is 3.95. The predicted molar refractivity (Wildman–Crippen MR) is 83.1 cm³/mol. The molecular weight excluding hydrogens is 270 g/mol. The molecule has 1 aromatic carbocycles. The van der Waals surface area contributed by atoms with Gasteiger partial charge in [0.05, 0.1) is 17.4 Å². The van der Waals surface area contributed by atoms with Crippen molar-refractivity contribution in [3.8, 4) is 0 Å². The summed E-state index contributed by atoms with van der Waals surface area (Å²) in [6, 6.07) is 5.91. The molecule has 5 heteroatoms. The first-order valence-corrected chi connectivity index (χ1v) is 8.16. The third kappa shape index (κ3) is 2.82. The Hall–Kier alpha value is -1.49. The fourth-order valence-electron chi connectivity index (χ4n) is 2.80. The molecule has 2 aromatic rings. The van der Waals surface area contributed by atoms with Crippen LogP contribution in [0.1, 0.15) is 36.5 Å². The van der Waals surface area contributed by atoms with Crippen LogP contribution in [0.25, 0.3) is 11.0 Å². The quantitative estimate of drug-likeness (QED) is 0.909. The third-order valence-corrected chi connectivity index (χ3v) is 5.04. The van der Waals surface area contributed by atoms with Gasteiger partial charge in [-0.1, -0.05) is 6.92 Å². The third-order valence-electron chi connectivity index (χ3n) is 3.80. The van der Waals surface area contributed by atoms with Crippen molar-refractivity contribution < 1.29 is 4.79 Å². The van der Waals surface area contributed by atoms with Crippen LogP contribution in [-0.4, -0.2) is 32.9 Å². The van der Waals surface area contributed by atoms with Crippen molar-refractivity contribution in [1.29, 1.82) is 0 Å². The maximum absolute atomic E-state index is 12.3. The lowest BCUT2D eigenvalue weighted by Crippen LogP contribution is -2.33. The Labute approximate surface area is 122 Å². The average Bonchev–Trinajstić information content (AvgIpc) is 3.07. The number of carbonyl (C=O) groups is 1. The maximum atomic E-state index is 12.3. The molecule has 0 aliphatic heterocycles. The predicted octanol–water partition coefficient (Wildman–Crippen LogP) is 2.97. The Morgan fingerprint density at radius 1 is 1.50 bits per heavy atom. The first kappa shape index (κ1) is 13.5. The van der Waals surface area contributed by atoms with Crippen LogP contribution >= 0.6 is 11.8 Å². The molecule has 20 heavy (non-hydrogen) atoms. The summed E-state index contributed by atoms with van der Waals surface area (Å²) >= 11 is 2.00. The van der Waals surface area contributed by atoms with Gasteiger partial charge in [0.1, 0.15) is 0 Å². The summed E-state index contributed by atoms with van der Waals surface area (Å²) in [4.78, 5) is 19.5. The number of hydrogen-bond acceptors (Lipinski definition) is 3. The highest BCUT2D eigenvalue weighted by molar-refractivity contribution is 7.99. The number of thioether (sulfide) groups is 1. The van der Waals surface area contributed by atoms with E-state index >= 15 is 0 Å². The summed E-state index contributed by atoms with van der Waals surface area (Å²) in [6.45, 7) is 2.19. The first-order valence-electron chi connectivity index (χ1n) is 7.12. The van der Waals surface area contributed by atoms with Crippen LogP contribution in [-0.2, 0) is 0 Å². The van der Waals surface area contributed by atoms with Gasteiger partial charge in [-0.2, -0.15) is 11.8 Å². The second-order valence-corrected chi connectivity index (χ2v) is 6.77. The monoisotopic (exact) mass is 289 g/mol. The van der Waals surface area contributed by atoms with Gasteiger partial charge >= 0.3 is 0 Å². The molecule has 1 aliphatic rings. The van der Waals surface area contributed by atoms with Gasteiger partial charge in [-0.25, -0.2) is 4.98 Å². The zero-order valence-electron chi connectivity index (χ0n) is 11.6. The highest BCUT2D eigenvalue weighted by Crippen LogP contribution is 2.29. The molecule has 0 radical (unpaired) electrons. The Morgan fingerprint density at radius 3 is 3.25 bits per heavy atom. The minimum atomic E-state index is 0.0219. The van der Waals surface area contributed by atoms with Crippen molar-refractivity contribution in [1.82, 2.24) is 15.3 Å². The smallest absolute Gasteiger partial charge is 0.251 e. The lowest BCUT2D eigenvalue weighted by Gasteiger charge is -2.13. The molecule has 106 valence electrons. The van der Waals surface area contributed by atoms with Gasteiger partial charge in [0.15, 0.2) is 0 Å². The summed E-state index contributed by atoms with van der Waals surface area (Å²) < 4.78 is 0. The molecule has 0 spiro atoms. The van der Waals surface area contributed by atoms with Gasteiger partial charge in [-0.05, 0) is 43.2 Å². The molecular formula is C15H19N3OS. The van der Waals surface area contributed by atoms with Crippen LogP contribution in [0.15, 0.2) is 24.5 Å². The first-order chi connectivity index (χ1) is 9.76. The zero-order valence-corrected chi connectivity index (χ0v) is 12.4. The summed E-state index contributed by atoms with van der Waals surface area (Å²) in [5.41, 5.74) is 2.50. The Kier molecular flexibility index (Phi) is 3.96. The van der Waals surface area contributed by atoms with Gasteiger partial charge < -0.3 is 10.3 Å². The summed E-state index contributed by atoms with van der Waals surface area (Å²) in [7, 11) is 0. The van der Waals surface area contributed by atoms with Gasteiger partial charge in [-0.15, -0.1) is 0 Å². The van der Waals surface area contributed by atoms with E-state index in [0.717, 1.165) is 29.6 Å². The van der Waals surface area contributed by atoms with E-state index in [0.29, 0.717) is 16.9 Å². The molecule has 4 nitrogen and oxygen atoms in total. The number of amides is 1. The molecule has 1 saturated carbocycles. The largest absolute Gasteiger partial charge is 0.349 e. The average molecular weight is 289 g/mol. The number of benzene rings is 1. The van der Waals surface area contributed by atoms with E-state index in [-0.39, 0.29) is 5.91 Å². The number of fused-ring (bicyclic) bond motifs is 1. The topological polar surface area (TPSA) is 57.8 Å². The molecule has 1 amide bonds. The minimum Gasteiger partial charge on any atom is -0.349 e. The van der Waals surface area contributed by atoms with Crippen LogP contribution in [0.4, 0.5) is 0 Å². The van der Waals surface area contributed by atoms with Crippen molar-refractivity contribution in [2.45, 2.75) is 37.5 Å². The Morgan fingerprint density at radius 2 is 2.40 bits per heavy atom. The van der Waals surface area contributed by atoms with E-state index in [4.69, 9.17) is 0 Å². The second kappa shape index (κ2) is 5.87. The standard InChI is InChI=1S/C15H19N3OS/c1-2-20-12-5-4-11(8-12)18-15(19)10-3-6-13-14(7-10)17-9-16-13/h3,6-7,9,11-12H,2,4-5,8H2,1H3,(H,16,17)(H,18,19)/t11-,12+/m1/s1. The van der Waals surface area contributed by atoms with E-state index < -0.39 is 0 Å². The van der Waals surface area contributed by atoms with E-state index in [1.807, 2.05) is 30.0 Å². The highest BCUT2D eigenvalue weighted by Gasteiger charge is 2.26. The van der Waals surface area contributed by atoms with Gasteiger partial charge in [0, 0.05) is 16.9 Å². The Bertz CT molecular complexity index is 610. The van der Waals surface area contributed by atoms with Crippen LogP contribution in [0, 0.1) is 0 Å². The van der Waals surface area contributed by atoms with Crippen molar-refractivity contribution in [2.75, 3.05) is 5.75 Å². The van der Waals surface area contributed by atoms with Crippen LogP contribution < -0.4 is 5.32 Å². The molecule has 1 aliphatic carbocycles. The maximum Gasteiger partial charge on any atom is 0.251 e. The molecule has 1 heterocycles. The second-order valence-electron chi connectivity index (χ2n) is 5.20. The number of imidazole rings is 1. The molecule has 2 N–H and O–H groups in total. The van der Waals surface area contributed by atoms with E-state index in [1.54, 1.807) is 6.33 Å². The SMILES string of the molecule is CCS[C@H]1CC[C@@H](NC(=O)c2ccc3nc[nH]c3c2)C1. The van der Waals surface area contributed by atoms with Gasteiger partial charge in [-0.3, -0.25) is 4.79 Å². The van der Waals surface area contributed by atoms with Gasteiger partial charge in [0.2, 0.25) is 0 Å². The minimum absolute atomic E-state index is 0.0219. The lowest BCUT2D eigenvalue weighted by atomic mass is 10.1. The number of carbonyl (C=O) groups excluding carboxylic acids is 1. The normalized spacial score (nSPS) is 22.2. The van der Waals surface area contributed by atoms with Crippen LogP contribution in [0.2, 0.25) is 0 Å². The molecule has 1 fully saturated rings.